The Hall–Kier alpha value is -1.94. The summed E-state index contributed by atoms with van der Waals surface area (Å²) in [5, 5.41) is 3.55. The smallest absolute Gasteiger partial charge is 0.325 e. The first-order valence-electron chi connectivity index (χ1n) is 4.90. The van der Waals surface area contributed by atoms with Gasteiger partial charge >= 0.3 is 5.97 Å². The van der Waals surface area contributed by atoms with E-state index in [4.69, 9.17) is 5.73 Å². The Labute approximate surface area is 94.4 Å². The van der Waals surface area contributed by atoms with E-state index in [9.17, 15) is 4.79 Å². The van der Waals surface area contributed by atoms with Crippen LogP contribution in [0, 0.1) is 0 Å². The standard InChI is InChI=1S/C12H14N2O2/c1-10(9-13)14-16-12(15)8-7-11-5-3-2-4-6-11/h2-8H,9,13H2,1H3/b8-7+,14-10-. The molecule has 0 bridgehead atoms. The van der Waals surface area contributed by atoms with Crippen LogP contribution < -0.4 is 5.73 Å². The summed E-state index contributed by atoms with van der Waals surface area (Å²) in [6, 6.07) is 9.46. The fraction of sp³-hybridized carbons (Fsp3) is 0.167. The summed E-state index contributed by atoms with van der Waals surface area (Å²) >= 11 is 0. The Bertz CT molecular complexity index is 397. The lowest BCUT2D eigenvalue weighted by molar-refractivity contribution is -0.137. The number of hydrogen-bond donors (Lipinski definition) is 1. The van der Waals surface area contributed by atoms with Crippen molar-refractivity contribution in [3.05, 3.63) is 42.0 Å². The van der Waals surface area contributed by atoms with E-state index in [-0.39, 0.29) is 6.54 Å². The van der Waals surface area contributed by atoms with Gasteiger partial charge in [-0.2, -0.15) is 0 Å². The molecule has 0 aromatic heterocycles. The van der Waals surface area contributed by atoms with Crippen LogP contribution in [-0.2, 0) is 9.63 Å². The van der Waals surface area contributed by atoms with Crippen molar-refractivity contribution >= 4 is 17.8 Å². The molecule has 1 aromatic carbocycles. The van der Waals surface area contributed by atoms with Crippen molar-refractivity contribution in [1.82, 2.24) is 0 Å². The predicted molar refractivity (Wildman–Crippen MR) is 63.7 cm³/mol. The van der Waals surface area contributed by atoms with Crippen molar-refractivity contribution in [2.45, 2.75) is 6.92 Å². The van der Waals surface area contributed by atoms with Crippen molar-refractivity contribution in [2.75, 3.05) is 6.54 Å². The van der Waals surface area contributed by atoms with Gasteiger partial charge in [0.15, 0.2) is 0 Å². The summed E-state index contributed by atoms with van der Waals surface area (Å²) in [6.07, 6.45) is 2.98. The lowest BCUT2D eigenvalue weighted by atomic mass is 10.2. The number of rotatable bonds is 4. The van der Waals surface area contributed by atoms with Gasteiger partial charge in [0, 0.05) is 12.6 Å². The topological polar surface area (TPSA) is 64.7 Å². The normalized spacial score (nSPS) is 11.8. The third kappa shape index (κ3) is 4.52. The Kier molecular flexibility index (Phi) is 4.95. The summed E-state index contributed by atoms with van der Waals surface area (Å²) < 4.78 is 0. The van der Waals surface area contributed by atoms with Gasteiger partial charge in [-0.25, -0.2) is 4.79 Å². The molecule has 0 aliphatic carbocycles. The van der Waals surface area contributed by atoms with Gasteiger partial charge in [0.05, 0.1) is 5.71 Å². The molecule has 0 saturated heterocycles. The molecule has 16 heavy (non-hydrogen) atoms. The highest BCUT2D eigenvalue weighted by Crippen LogP contribution is 2.01. The van der Waals surface area contributed by atoms with E-state index in [0.717, 1.165) is 5.56 Å². The van der Waals surface area contributed by atoms with Crippen LogP contribution in [-0.4, -0.2) is 18.2 Å². The zero-order valence-corrected chi connectivity index (χ0v) is 9.09. The van der Waals surface area contributed by atoms with E-state index in [2.05, 4.69) is 9.99 Å². The molecular formula is C12H14N2O2. The molecule has 0 heterocycles. The van der Waals surface area contributed by atoms with Gasteiger partial charge in [0.25, 0.3) is 0 Å². The van der Waals surface area contributed by atoms with Gasteiger partial charge in [0.2, 0.25) is 0 Å². The molecule has 1 rings (SSSR count). The van der Waals surface area contributed by atoms with Gasteiger partial charge in [-0.05, 0) is 18.6 Å². The van der Waals surface area contributed by atoms with Crippen molar-refractivity contribution < 1.29 is 9.63 Å². The fourth-order valence-corrected chi connectivity index (χ4v) is 0.919. The van der Waals surface area contributed by atoms with Crippen molar-refractivity contribution in [2.24, 2.45) is 10.9 Å². The molecule has 2 N–H and O–H groups in total. The summed E-state index contributed by atoms with van der Waals surface area (Å²) in [5.41, 5.74) is 6.78. The average molecular weight is 218 g/mol. The maximum Gasteiger partial charge on any atom is 0.358 e. The highest BCUT2D eigenvalue weighted by molar-refractivity contribution is 5.88. The molecule has 4 nitrogen and oxygen atoms in total. The largest absolute Gasteiger partial charge is 0.358 e. The SMILES string of the molecule is C/C(CN)=N/OC(=O)/C=C/c1ccccc1. The molecular weight excluding hydrogens is 204 g/mol. The van der Waals surface area contributed by atoms with Gasteiger partial charge < -0.3 is 10.6 Å². The number of carbonyl (C=O) groups excluding carboxylic acids is 1. The maximum absolute atomic E-state index is 11.2. The van der Waals surface area contributed by atoms with Crippen LogP contribution in [0.2, 0.25) is 0 Å². The quantitative estimate of drug-likeness (QED) is 0.361. The first-order chi connectivity index (χ1) is 7.72. The van der Waals surface area contributed by atoms with Gasteiger partial charge in [-0.15, -0.1) is 0 Å². The molecule has 0 atom stereocenters. The molecule has 4 heteroatoms. The van der Waals surface area contributed by atoms with Gasteiger partial charge in [-0.3, -0.25) is 0 Å². The van der Waals surface area contributed by atoms with E-state index in [1.807, 2.05) is 30.3 Å². The van der Waals surface area contributed by atoms with Crippen molar-refractivity contribution in [1.29, 1.82) is 0 Å². The number of nitrogens with zero attached hydrogens (tertiary/aromatic N) is 1. The third-order valence-corrected chi connectivity index (χ3v) is 1.80. The van der Waals surface area contributed by atoms with Crippen molar-refractivity contribution in [3.8, 4) is 0 Å². The van der Waals surface area contributed by atoms with Crippen molar-refractivity contribution in [3.63, 3.8) is 0 Å². The summed E-state index contributed by atoms with van der Waals surface area (Å²) in [7, 11) is 0. The molecule has 0 fully saturated rings. The monoisotopic (exact) mass is 218 g/mol. The number of carbonyl (C=O) groups is 1. The number of oxime groups is 1. The molecule has 0 saturated carbocycles. The second kappa shape index (κ2) is 6.53. The minimum atomic E-state index is -0.517. The molecule has 0 unspecified atom stereocenters. The third-order valence-electron chi connectivity index (χ3n) is 1.80. The molecule has 1 aromatic rings. The van der Waals surface area contributed by atoms with Crippen LogP contribution in [0.25, 0.3) is 6.08 Å². The Morgan fingerprint density at radius 2 is 2.12 bits per heavy atom. The van der Waals surface area contributed by atoms with E-state index < -0.39 is 5.97 Å². The van der Waals surface area contributed by atoms with E-state index in [1.54, 1.807) is 13.0 Å². The van der Waals surface area contributed by atoms with Gasteiger partial charge in [-0.1, -0.05) is 35.5 Å². The summed E-state index contributed by atoms with van der Waals surface area (Å²) in [5.74, 6) is -0.517. The minimum absolute atomic E-state index is 0.273. The zero-order chi connectivity index (χ0) is 11.8. The lowest BCUT2D eigenvalue weighted by Crippen LogP contribution is -2.10. The Balaban J connectivity index is 2.49. The van der Waals surface area contributed by atoms with E-state index in [1.165, 1.54) is 6.08 Å². The van der Waals surface area contributed by atoms with E-state index >= 15 is 0 Å². The highest BCUT2D eigenvalue weighted by atomic mass is 16.7. The maximum atomic E-state index is 11.2. The molecule has 0 amide bonds. The van der Waals surface area contributed by atoms with Crippen LogP contribution in [0.15, 0.2) is 41.6 Å². The summed E-state index contributed by atoms with van der Waals surface area (Å²) in [6.45, 7) is 1.96. The molecule has 0 spiro atoms. The molecule has 0 radical (unpaired) electrons. The predicted octanol–water partition coefficient (Wildman–Crippen LogP) is 1.58. The van der Waals surface area contributed by atoms with Crippen LogP contribution >= 0.6 is 0 Å². The number of nitrogens with two attached hydrogens (primary N) is 1. The molecule has 0 aliphatic heterocycles. The average Bonchev–Trinajstić information content (AvgIpc) is 2.34. The first-order valence-corrected chi connectivity index (χ1v) is 4.90. The second-order valence-electron chi connectivity index (χ2n) is 3.19. The van der Waals surface area contributed by atoms with Crippen LogP contribution in [0.3, 0.4) is 0 Å². The molecule has 84 valence electrons. The van der Waals surface area contributed by atoms with E-state index in [0.29, 0.717) is 5.71 Å². The fourth-order valence-electron chi connectivity index (χ4n) is 0.919. The first kappa shape index (κ1) is 12.1. The second-order valence-corrected chi connectivity index (χ2v) is 3.19. The Morgan fingerprint density at radius 1 is 1.44 bits per heavy atom. The lowest BCUT2D eigenvalue weighted by Gasteiger charge is -1.94. The van der Waals surface area contributed by atoms with Gasteiger partial charge in [0.1, 0.15) is 0 Å². The minimum Gasteiger partial charge on any atom is -0.325 e. The van der Waals surface area contributed by atoms with Crippen LogP contribution in [0.4, 0.5) is 0 Å². The van der Waals surface area contributed by atoms with Crippen LogP contribution in [0.1, 0.15) is 12.5 Å². The zero-order valence-electron chi connectivity index (χ0n) is 9.09. The number of hydrogen-bond acceptors (Lipinski definition) is 4. The Morgan fingerprint density at radius 3 is 2.75 bits per heavy atom. The summed E-state index contributed by atoms with van der Waals surface area (Å²) in [4.78, 5) is 15.8. The molecule has 0 aliphatic rings. The highest BCUT2D eigenvalue weighted by Gasteiger charge is 1.95. The number of benzene rings is 1. The van der Waals surface area contributed by atoms with Crippen LogP contribution in [0.5, 0.6) is 0 Å².